The molecule has 0 saturated carbocycles. The number of methoxy groups -OCH3 is 3. The molecule has 0 bridgehead atoms. The summed E-state index contributed by atoms with van der Waals surface area (Å²) in [5.41, 5.74) is 4.59. The number of ketones is 1. The third kappa shape index (κ3) is 4.51. The van der Waals surface area contributed by atoms with E-state index in [1.54, 1.807) is 57.7 Å². The zero-order chi connectivity index (χ0) is 23.5. The summed E-state index contributed by atoms with van der Waals surface area (Å²) in [5.74, 6) is 2.67. The Kier molecular flexibility index (Phi) is 6.27. The van der Waals surface area contributed by atoms with Crippen molar-refractivity contribution in [3.63, 3.8) is 0 Å². The number of Topliss-reactive ketones (excluding diaryl/α,β-unsaturated/α-hetero) is 1. The highest BCUT2D eigenvalue weighted by molar-refractivity contribution is 6.14. The van der Waals surface area contributed by atoms with Crippen LogP contribution in [0.2, 0.25) is 0 Å². The van der Waals surface area contributed by atoms with E-state index in [1.165, 1.54) is 11.1 Å². The molecule has 0 spiro atoms. The Morgan fingerprint density at radius 3 is 2.30 bits per heavy atom. The van der Waals surface area contributed by atoms with Crippen LogP contribution in [0.3, 0.4) is 0 Å². The van der Waals surface area contributed by atoms with Crippen LogP contribution in [0.15, 0.2) is 54.3 Å². The Hall–Kier alpha value is -3.93. The lowest BCUT2D eigenvalue weighted by Crippen LogP contribution is -2.00. The Morgan fingerprint density at radius 1 is 0.848 bits per heavy atom. The number of carbonyl (C=O) groups excluding carboxylic acids is 1. The van der Waals surface area contributed by atoms with Gasteiger partial charge in [0, 0.05) is 17.7 Å². The van der Waals surface area contributed by atoms with Crippen LogP contribution in [0.25, 0.3) is 6.08 Å². The Balaban J connectivity index is 1.58. The minimum Gasteiger partial charge on any atom is -0.496 e. The molecule has 0 aliphatic carbocycles. The molecule has 0 aromatic heterocycles. The van der Waals surface area contributed by atoms with Crippen molar-refractivity contribution in [2.24, 2.45) is 0 Å². The molecule has 6 heteroatoms. The topological polar surface area (TPSA) is 63.2 Å². The van der Waals surface area contributed by atoms with E-state index in [2.05, 4.69) is 32.0 Å². The van der Waals surface area contributed by atoms with Crippen LogP contribution in [0.4, 0.5) is 0 Å². The van der Waals surface area contributed by atoms with E-state index in [4.69, 9.17) is 23.7 Å². The van der Waals surface area contributed by atoms with Crippen LogP contribution >= 0.6 is 0 Å². The van der Waals surface area contributed by atoms with Crippen molar-refractivity contribution in [1.82, 2.24) is 0 Å². The molecular formula is C27H26O6. The first-order valence-electron chi connectivity index (χ1n) is 10.5. The van der Waals surface area contributed by atoms with Crippen LogP contribution in [-0.2, 0) is 6.61 Å². The second-order valence-electron chi connectivity index (χ2n) is 7.77. The third-order valence-corrected chi connectivity index (χ3v) is 5.56. The summed E-state index contributed by atoms with van der Waals surface area (Å²) in [4.78, 5) is 12.9. The van der Waals surface area contributed by atoms with Gasteiger partial charge in [-0.1, -0.05) is 23.8 Å². The fourth-order valence-electron chi connectivity index (χ4n) is 3.68. The summed E-state index contributed by atoms with van der Waals surface area (Å²) in [7, 11) is 4.65. The van der Waals surface area contributed by atoms with Gasteiger partial charge in [-0.15, -0.1) is 0 Å². The first-order chi connectivity index (χ1) is 15.9. The van der Waals surface area contributed by atoms with Crippen molar-refractivity contribution < 1.29 is 28.5 Å². The van der Waals surface area contributed by atoms with Gasteiger partial charge in [0.2, 0.25) is 5.78 Å². The number of rotatable bonds is 7. The zero-order valence-electron chi connectivity index (χ0n) is 19.4. The number of fused-ring (bicyclic) bond motifs is 1. The molecule has 0 fully saturated rings. The highest BCUT2D eigenvalue weighted by Gasteiger charge is 2.28. The van der Waals surface area contributed by atoms with Crippen molar-refractivity contribution >= 4 is 11.9 Å². The number of ether oxygens (including phenoxy) is 5. The molecule has 1 aliphatic heterocycles. The first-order valence-corrected chi connectivity index (χ1v) is 10.5. The van der Waals surface area contributed by atoms with E-state index < -0.39 is 0 Å². The molecule has 0 unspecified atom stereocenters. The molecule has 170 valence electrons. The number of allylic oxidation sites excluding steroid dienone is 1. The first kappa shape index (κ1) is 22.3. The van der Waals surface area contributed by atoms with E-state index >= 15 is 0 Å². The maximum atomic E-state index is 12.9. The lowest BCUT2D eigenvalue weighted by atomic mass is 10.1. The molecule has 33 heavy (non-hydrogen) atoms. The normalized spacial score (nSPS) is 13.5. The maximum Gasteiger partial charge on any atom is 0.231 e. The van der Waals surface area contributed by atoms with Crippen molar-refractivity contribution in [2.75, 3.05) is 21.3 Å². The van der Waals surface area contributed by atoms with Gasteiger partial charge in [-0.3, -0.25) is 4.79 Å². The van der Waals surface area contributed by atoms with E-state index in [1.807, 2.05) is 0 Å². The van der Waals surface area contributed by atoms with Gasteiger partial charge in [0.25, 0.3) is 0 Å². The molecule has 1 heterocycles. The molecule has 0 atom stereocenters. The minimum absolute atomic E-state index is 0.196. The smallest absolute Gasteiger partial charge is 0.231 e. The van der Waals surface area contributed by atoms with E-state index in [-0.39, 0.29) is 11.5 Å². The molecule has 3 aromatic rings. The lowest BCUT2D eigenvalue weighted by molar-refractivity contribution is 0.101. The lowest BCUT2D eigenvalue weighted by Gasteiger charge is -2.12. The number of carbonyl (C=O) groups is 1. The van der Waals surface area contributed by atoms with Crippen molar-refractivity contribution in [1.29, 1.82) is 0 Å². The Labute approximate surface area is 193 Å². The van der Waals surface area contributed by atoms with Gasteiger partial charge < -0.3 is 23.7 Å². The second kappa shape index (κ2) is 9.28. The SMILES string of the molecule is COc1cc(OC)c(OC)cc1/C=C1\Oc2cc(OCc3cc(C)ccc3C)ccc2C1=O. The highest BCUT2D eigenvalue weighted by Crippen LogP contribution is 2.39. The highest BCUT2D eigenvalue weighted by atomic mass is 16.5. The van der Waals surface area contributed by atoms with Gasteiger partial charge in [-0.05, 0) is 49.2 Å². The van der Waals surface area contributed by atoms with E-state index in [0.717, 1.165) is 5.56 Å². The summed E-state index contributed by atoms with van der Waals surface area (Å²) >= 11 is 0. The minimum atomic E-state index is -0.206. The summed E-state index contributed by atoms with van der Waals surface area (Å²) < 4.78 is 28.0. The van der Waals surface area contributed by atoms with Crippen LogP contribution in [0.1, 0.15) is 32.6 Å². The van der Waals surface area contributed by atoms with Crippen molar-refractivity contribution in [2.45, 2.75) is 20.5 Å². The van der Waals surface area contributed by atoms with Crippen molar-refractivity contribution in [3.8, 4) is 28.7 Å². The van der Waals surface area contributed by atoms with Gasteiger partial charge in [0.1, 0.15) is 23.9 Å². The number of hydrogen-bond acceptors (Lipinski definition) is 6. The Morgan fingerprint density at radius 2 is 1.58 bits per heavy atom. The van der Waals surface area contributed by atoms with E-state index in [9.17, 15) is 4.79 Å². The molecule has 0 radical (unpaired) electrons. The average molecular weight is 446 g/mol. The molecule has 6 nitrogen and oxygen atoms in total. The fourth-order valence-corrected chi connectivity index (χ4v) is 3.68. The maximum absolute atomic E-state index is 12.9. The quantitative estimate of drug-likeness (QED) is 0.445. The average Bonchev–Trinajstić information content (AvgIpc) is 3.13. The van der Waals surface area contributed by atoms with Gasteiger partial charge in [-0.2, -0.15) is 0 Å². The largest absolute Gasteiger partial charge is 0.496 e. The van der Waals surface area contributed by atoms with Crippen molar-refractivity contribution in [3.05, 3.63) is 82.1 Å². The van der Waals surface area contributed by atoms with Crippen LogP contribution in [-0.4, -0.2) is 27.1 Å². The standard InChI is InChI=1S/C27H26O6/c1-16-6-7-17(2)19(10-16)15-32-20-8-9-21-23(13-20)33-26(27(21)28)12-18-11-24(30-4)25(31-5)14-22(18)29-3/h6-14H,15H2,1-5H3/b26-12-. The van der Waals surface area contributed by atoms with Gasteiger partial charge in [0.05, 0.1) is 26.9 Å². The molecular weight excluding hydrogens is 420 g/mol. The van der Waals surface area contributed by atoms with Gasteiger partial charge in [0.15, 0.2) is 17.3 Å². The zero-order valence-corrected chi connectivity index (χ0v) is 19.4. The van der Waals surface area contributed by atoms with Gasteiger partial charge in [-0.25, -0.2) is 0 Å². The second-order valence-corrected chi connectivity index (χ2v) is 7.77. The van der Waals surface area contributed by atoms with Crippen LogP contribution < -0.4 is 23.7 Å². The summed E-state index contributed by atoms with van der Waals surface area (Å²) in [6.45, 7) is 4.55. The summed E-state index contributed by atoms with van der Waals surface area (Å²) in [5, 5.41) is 0. The molecule has 0 saturated heterocycles. The fraction of sp³-hybridized carbons (Fsp3) is 0.222. The predicted octanol–water partition coefficient (Wildman–Crippen LogP) is 5.52. The van der Waals surface area contributed by atoms with Crippen LogP contribution in [0.5, 0.6) is 28.7 Å². The van der Waals surface area contributed by atoms with Crippen LogP contribution in [0, 0.1) is 13.8 Å². The number of benzene rings is 3. The number of hydrogen-bond donors (Lipinski definition) is 0. The third-order valence-electron chi connectivity index (χ3n) is 5.56. The van der Waals surface area contributed by atoms with E-state index in [0.29, 0.717) is 46.5 Å². The number of aryl methyl sites for hydroxylation is 2. The molecule has 0 N–H and O–H groups in total. The molecule has 4 rings (SSSR count). The monoisotopic (exact) mass is 446 g/mol. The molecule has 3 aromatic carbocycles. The predicted molar refractivity (Wildman–Crippen MR) is 126 cm³/mol. The molecule has 0 amide bonds. The molecule has 1 aliphatic rings. The Bertz CT molecular complexity index is 1240. The summed E-state index contributed by atoms with van der Waals surface area (Å²) in [6.07, 6.45) is 1.64. The van der Waals surface area contributed by atoms with Gasteiger partial charge >= 0.3 is 0 Å². The summed E-state index contributed by atoms with van der Waals surface area (Å²) in [6, 6.07) is 15.0.